The fourth-order valence-electron chi connectivity index (χ4n) is 1.52. The van der Waals surface area contributed by atoms with E-state index in [-0.39, 0.29) is 5.41 Å². The first-order valence-electron chi connectivity index (χ1n) is 4.46. The maximum Gasteiger partial charge on any atom is 0.109 e. The summed E-state index contributed by atoms with van der Waals surface area (Å²) in [6.07, 6.45) is 5.00. The molecule has 0 radical (unpaired) electrons. The number of rotatable bonds is 3. The molecule has 0 bridgehead atoms. The molecule has 13 heavy (non-hydrogen) atoms. The number of hydrogen-bond acceptors (Lipinski definition) is 2. The van der Waals surface area contributed by atoms with Crippen LogP contribution in [-0.4, -0.2) is 16.7 Å². The van der Waals surface area contributed by atoms with Gasteiger partial charge in [0.2, 0.25) is 0 Å². The Morgan fingerprint density at radius 1 is 1.54 bits per heavy atom. The molecule has 0 unspecified atom stereocenters. The van der Waals surface area contributed by atoms with E-state index in [0.717, 1.165) is 23.9 Å². The summed E-state index contributed by atoms with van der Waals surface area (Å²) in [5.41, 5.74) is 1.38. The van der Waals surface area contributed by atoms with Crippen molar-refractivity contribution in [2.24, 2.45) is 5.41 Å². The Bertz CT molecular complexity index is 310. The molecule has 0 spiro atoms. The SMILES string of the molecule is OCC1(Cc2cccnc2Br)CC1. The molecule has 1 heterocycles. The fourth-order valence-corrected chi connectivity index (χ4v) is 1.91. The Balaban J connectivity index is 2.14. The zero-order valence-corrected chi connectivity index (χ0v) is 8.92. The Morgan fingerprint density at radius 3 is 2.85 bits per heavy atom. The molecule has 1 aromatic rings. The van der Waals surface area contributed by atoms with Gasteiger partial charge in [-0.2, -0.15) is 0 Å². The summed E-state index contributed by atoms with van der Waals surface area (Å²) >= 11 is 3.41. The predicted molar refractivity (Wildman–Crippen MR) is 54.4 cm³/mol. The summed E-state index contributed by atoms with van der Waals surface area (Å²) in [5.74, 6) is 0. The van der Waals surface area contributed by atoms with E-state index >= 15 is 0 Å². The first-order valence-corrected chi connectivity index (χ1v) is 5.25. The zero-order chi connectivity index (χ0) is 9.31. The van der Waals surface area contributed by atoms with Crippen molar-refractivity contribution in [2.45, 2.75) is 19.3 Å². The van der Waals surface area contributed by atoms with Crippen LogP contribution in [-0.2, 0) is 6.42 Å². The standard InChI is InChI=1S/C10H12BrNO/c11-9-8(2-1-5-12-9)6-10(7-13)3-4-10/h1-2,5,13H,3-4,6-7H2. The highest BCUT2D eigenvalue weighted by Crippen LogP contribution is 2.48. The minimum absolute atomic E-state index is 0.172. The van der Waals surface area contributed by atoms with Crippen LogP contribution in [0, 0.1) is 5.41 Å². The van der Waals surface area contributed by atoms with Crippen LogP contribution in [0.3, 0.4) is 0 Å². The summed E-state index contributed by atoms with van der Waals surface area (Å²) in [5, 5.41) is 9.17. The number of aliphatic hydroxyl groups excluding tert-OH is 1. The van der Waals surface area contributed by atoms with Gasteiger partial charge in [-0.1, -0.05) is 6.07 Å². The van der Waals surface area contributed by atoms with Crippen molar-refractivity contribution in [3.63, 3.8) is 0 Å². The largest absolute Gasteiger partial charge is 0.396 e. The first-order chi connectivity index (χ1) is 6.26. The smallest absolute Gasteiger partial charge is 0.109 e. The normalized spacial score (nSPS) is 18.6. The maximum absolute atomic E-state index is 9.17. The molecular weight excluding hydrogens is 230 g/mol. The van der Waals surface area contributed by atoms with Crippen LogP contribution in [0.25, 0.3) is 0 Å². The van der Waals surface area contributed by atoms with E-state index < -0.39 is 0 Å². The first kappa shape index (κ1) is 9.16. The van der Waals surface area contributed by atoms with Crippen LogP contribution >= 0.6 is 15.9 Å². The van der Waals surface area contributed by atoms with E-state index in [1.807, 2.05) is 6.07 Å². The topological polar surface area (TPSA) is 33.1 Å². The van der Waals surface area contributed by atoms with Gasteiger partial charge in [0.1, 0.15) is 4.60 Å². The zero-order valence-electron chi connectivity index (χ0n) is 7.33. The van der Waals surface area contributed by atoms with Crippen molar-refractivity contribution in [1.29, 1.82) is 0 Å². The molecule has 1 aliphatic rings. The molecule has 1 N–H and O–H groups in total. The van der Waals surface area contributed by atoms with Crippen LogP contribution in [0.1, 0.15) is 18.4 Å². The number of pyridine rings is 1. The van der Waals surface area contributed by atoms with Crippen LogP contribution in [0.15, 0.2) is 22.9 Å². The van der Waals surface area contributed by atoms with E-state index in [0.29, 0.717) is 6.61 Å². The molecule has 0 amide bonds. The monoisotopic (exact) mass is 241 g/mol. The summed E-state index contributed by atoms with van der Waals surface area (Å²) in [7, 11) is 0. The van der Waals surface area contributed by atoms with E-state index in [9.17, 15) is 5.11 Å². The van der Waals surface area contributed by atoms with Crippen LogP contribution in [0.4, 0.5) is 0 Å². The molecular formula is C10H12BrNO. The molecule has 0 aliphatic heterocycles. The Hall–Kier alpha value is -0.410. The van der Waals surface area contributed by atoms with Crippen LogP contribution in [0.5, 0.6) is 0 Å². The molecule has 0 aromatic carbocycles. The summed E-state index contributed by atoms with van der Waals surface area (Å²) in [6.45, 7) is 0.300. The van der Waals surface area contributed by atoms with Gasteiger partial charge in [-0.25, -0.2) is 4.98 Å². The maximum atomic E-state index is 9.17. The van der Waals surface area contributed by atoms with E-state index in [1.165, 1.54) is 5.56 Å². The molecule has 0 atom stereocenters. The van der Waals surface area contributed by atoms with E-state index in [4.69, 9.17) is 0 Å². The molecule has 2 nitrogen and oxygen atoms in total. The molecule has 2 rings (SSSR count). The third-order valence-corrected chi connectivity index (χ3v) is 3.41. The van der Waals surface area contributed by atoms with Crippen molar-refractivity contribution in [2.75, 3.05) is 6.61 Å². The van der Waals surface area contributed by atoms with Crippen molar-refractivity contribution in [3.8, 4) is 0 Å². The number of nitrogens with zero attached hydrogens (tertiary/aromatic N) is 1. The second-order valence-electron chi connectivity index (χ2n) is 3.79. The quantitative estimate of drug-likeness (QED) is 0.824. The molecule has 1 saturated carbocycles. The molecule has 1 aliphatic carbocycles. The van der Waals surface area contributed by atoms with Gasteiger partial charge in [0.25, 0.3) is 0 Å². The Kier molecular flexibility index (Phi) is 2.39. The van der Waals surface area contributed by atoms with Crippen molar-refractivity contribution >= 4 is 15.9 Å². The highest BCUT2D eigenvalue weighted by molar-refractivity contribution is 9.10. The van der Waals surface area contributed by atoms with Crippen LogP contribution in [0.2, 0.25) is 0 Å². The summed E-state index contributed by atoms with van der Waals surface area (Å²) in [4.78, 5) is 4.16. The van der Waals surface area contributed by atoms with Gasteiger partial charge in [-0.3, -0.25) is 0 Å². The summed E-state index contributed by atoms with van der Waals surface area (Å²) in [6, 6.07) is 4.00. The van der Waals surface area contributed by atoms with Gasteiger partial charge in [0.15, 0.2) is 0 Å². The van der Waals surface area contributed by atoms with E-state index in [1.54, 1.807) is 6.20 Å². The van der Waals surface area contributed by atoms with Crippen molar-refractivity contribution in [3.05, 3.63) is 28.5 Å². The average molecular weight is 242 g/mol. The Morgan fingerprint density at radius 2 is 2.31 bits per heavy atom. The number of aliphatic hydroxyl groups is 1. The van der Waals surface area contributed by atoms with Gasteiger partial charge in [0, 0.05) is 12.8 Å². The van der Waals surface area contributed by atoms with Crippen LogP contribution < -0.4 is 0 Å². The van der Waals surface area contributed by atoms with E-state index in [2.05, 4.69) is 27.0 Å². The van der Waals surface area contributed by atoms with Gasteiger partial charge in [-0.05, 0) is 52.2 Å². The lowest BCUT2D eigenvalue weighted by Crippen LogP contribution is -2.10. The molecule has 3 heteroatoms. The number of hydrogen-bond donors (Lipinski definition) is 1. The molecule has 1 aromatic heterocycles. The predicted octanol–water partition coefficient (Wildman–Crippen LogP) is 2.16. The highest BCUT2D eigenvalue weighted by atomic mass is 79.9. The second kappa shape index (κ2) is 3.39. The molecule has 70 valence electrons. The number of halogens is 1. The summed E-state index contributed by atoms with van der Waals surface area (Å²) < 4.78 is 0.912. The lowest BCUT2D eigenvalue weighted by molar-refractivity contribution is 0.211. The third kappa shape index (κ3) is 1.92. The average Bonchev–Trinajstić information content (AvgIpc) is 2.90. The molecule has 0 saturated heterocycles. The fraction of sp³-hybridized carbons (Fsp3) is 0.500. The number of aromatic nitrogens is 1. The van der Waals surface area contributed by atoms with Gasteiger partial charge in [-0.15, -0.1) is 0 Å². The Labute approximate surface area is 86.1 Å². The minimum Gasteiger partial charge on any atom is -0.396 e. The third-order valence-electron chi connectivity index (χ3n) is 2.69. The highest BCUT2D eigenvalue weighted by Gasteiger charge is 2.42. The molecule has 1 fully saturated rings. The van der Waals surface area contributed by atoms with Crippen molar-refractivity contribution < 1.29 is 5.11 Å². The lowest BCUT2D eigenvalue weighted by atomic mass is 9.99. The minimum atomic E-state index is 0.172. The second-order valence-corrected chi connectivity index (χ2v) is 4.54. The van der Waals surface area contributed by atoms with Gasteiger partial charge in [0.05, 0.1) is 0 Å². The van der Waals surface area contributed by atoms with Gasteiger partial charge >= 0.3 is 0 Å². The lowest BCUT2D eigenvalue weighted by Gasteiger charge is -2.11. The van der Waals surface area contributed by atoms with Crippen molar-refractivity contribution in [1.82, 2.24) is 4.98 Å². The van der Waals surface area contributed by atoms with Gasteiger partial charge < -0.3 is 5.11 Å².